The molecular formula is C14H29S. The van der Waals surface area contributed by atoms with Gasteiger partial charge in [-0.3, -0.25) is 0 Å². The van der Waals surface area contributed by atoms with E-state index in [1.807, 2.05) is 11.8 Å². The van der Waals surface area contributed by atoms with Crippen molar-refractivity contribution in [1.82, 2.24) is 0 Å². The first-order chi connectivity index (χ1) is 7.41. The van der Waals surface area contributed by atoms with Gasteiger partial charge in [-0.1, -0.05) is 65.2 Å². The maximum atomic E-state index is 2.43. The highest BCUT2D eigenvalue weighted by molar-refractivity contribution is 8.01. The predicted molar refractivity (Wildman–Crippen MR) is 74.3 cm³/mol. The van der Waals surface area contributed by atoms with Crippen LogP contribution in [-0.4, -0.2) is 5.75 Å². The first kappa shape index (κ1) is 15.3. The Labute approximate surface area is 102 Å². The molecule has 0 aliphatic heterocycles. The number of hydrogen-bond donors (Lipinski definition) is 0. The third-order valence-corrected chi connectivity index (χ3v) is 3.65. The molecule has 0 N–H and O–H groups in total. The van der Waals surface area contributed by atoms with Crippen LogP contribution in [0.2, 0.25) is 0 Å². The van der Waals surface area contributed by atoms with Crippen molar-refractivity contribution in [3.05, 3.63) is 5.75 Å². The van der Waals surface area contributed by atoms with E-state index < -0.39 is 0 Å². The van der Waals surface area contributed by atoms with Gasteiger partial charge in [-0.25, -0.2) is 0 Å². The monoisotopic (exact) mass is 229 g/mol. The summed E-state index contributed by atoms with van der Waals surface area (Å²) in [5.74, 6) is 3.76. The van der Waals surface area contributed by atoms with E-state index in [9.17, 15) is 0 Å². The van der Waals surface area contributed by atoms with Gasteiger partial charge in [-0.2, -0.15) is 11.8 Å². The van der Waals surface area contributed by atoms with Gasteiger partial charge < -0.3 is 0 Å². The van der Waals surface area contributed by atoms with Gasteiger partial charge in [0.1, 0.15) is 0 Å². The molecule has 0 nitrogen and oxygen atoms in total. The second kappa shape index (κ2) is 14.3. The van der Waals surface area contributed by atoms with Crippen LogP contribution in [0.1, 0.15) is 78.1 Å². The van der Waals surface area contributed by atoms with E-state index >= 15 is 0 Å². The first-order valence-corrected chi connectivity index (χ1v) is 7.90. The summed E-state index contributed by atoms with van der Waals surface area (Å²) in [4.78, 5) is 0. The highest BCUT2D eigenvalue weighted by Gasteiger charge is 1.92. The van der Waals surface area contributed by atoms with Crippen LogP contribution in [0.15, 0.2) is 0 Å². The molecule has 0 aliphatic carbocycles. The van der Waals surface area contributed by atoms with Crippen LogP contribution < -0.4 is 0 Å². The van der Waals surface area contributed by atoms with Gasteiger partial charge in [0.2, 0.25) is 0 Å². The van der Waals surface area contributed by atoms with Gasteiger partial charge in [0.25, 0.3) is 0 Å². The van der Waals surface area contributed by atoms with E-state index in [4.69, 9.17) is 0 Å². The molecule has 0 heterocycles. The van der Waals surface area contributed by atoms with E-state index in [0.29, 0.717) is 0 Å². The molecule has 0 saturated carbocycles. The quantitative estimate of drug-likeness (QED) is 0.380. The molecule has 0 bridgehead atoms. The molecule has 0 aromatic carbocycles. The number of unbranched alkanes of at least 4 members (excludes halogenated alkanes) is 8. The lowest BCUT2D eigenvalue weighted by Crippen LogP contribution is -1.82. The zero-order chi connectivity index (χ0) is 11.2. The first-order valence-electron chi connectivity index (χ1n) is 6.85. The maximum absolute atomic E-state index is 2.43. The standard InChI is InChI=1S/C14H29S/c1-3-5-7-8-9-10-12-14-15-13-11-6-4-2/h14H,3-13H2,1-2H3. The molecule has 0 saturated heterocycles. The van der Waals surface area contributed by atoms with Crippen LogP contribution in [0.5, 0.6) is 0 Å². The molecule has 0 atom stereocenters. The third-order valence-electron chi connectivity index (χ3n) is 2.66. The average molecular weight is 229 g/mol. The Morgan fingerprint density at radius 1 is 0.733 bits per heavy atom. The van der Waals surface area contributed by atoms with Crippen molar-refractivity contribution in [3.8, 4) is 0 Å². The van der Waals surface area contributed by atoms with Gasteiger partial charge >= 0.3 is 0 Å². The number of hydrogen-bond acceptors (Lipinski definition) is 1. The second-order valence-electron chi connectivity index (χ2n) is 4.30. The molecule has 0 spiro atoms. The Hall–Kier alpha value is 0.350. The van der Waals surface area contributed by atoms with Gasteiger partial charge in [0.05, 0.1) is 0 Å². The van der Waals surface area contributed by atoms with Crippen molar-refractivity contribution in [1.29, 1.82) is 0 Å². The van der Waals surface area contributed by atoms with Gasteiger partial charge in [-0.05, 0) is 18.6 Å². The molecule has 0 aromatic rings. The number of rotatable bonds is 12. The normalized spacial score (nSPS) is 10.8. The zero-order valence-corrected chi connectivity index (χ0v) is 11.6. The summed E-state index contributed by atoms with van der Waals surface area (Å²) in [6.07, 6.45) is 14.0. The molecule has 1 radical (unpaired) electrons. The van der Waals surface area contributed by atoms with Crippen molar-refractivity contribution in [2.24, 2.45) is 0 Å². The van der Waals surface area contributed by atoms with Crippen LogP contribution in [0.25, 0.3) is 0 Å². The third kappa shape index (κ3) is 14.4. The Kier molecular flexibility index (Phi) is 14.7. The zero-order valence-electron chi connectivity index (χ0n) is 10.8. The Morgan fingerprint density at radius 2 is 1.33 bits per heavy atom. The minimum atomic E-state index is 1.32. The van der Waals surface area contributed by atoms with Crippen LogP contribution in [0.3, 0.4) is 0 Å². The van der Waals surface area contributed by atoms with Crippen molar-refractivity contribution in [2.75, 3.05) is 5.75 Å². The van der Waals surface area contributed by atoms with Crippen LogP contribution in [0.4, 0.5) is 0 Å². The second-order valence-corrected chi connectivity index (χ2v) is 5.38. The molecule has 0 rings (SSSR count). The van der Waals surface area contributed by atoms with Crippen LogP contribution in [-0.2, 0) is 0 Å². The van der Waals surface area contributed by atoms with Gasteiger partial charge in [-0.15, -0.1) is 0 Å². The molecule has 0 aliphatic rings. The van der Waals surface area contributed by atoms with Gasteiger partial charge in [0, 0.05) is 5.75 Å². The number of thioether (sulfide) groups is 1. The summed E-state index contributed by atoms with van der Waals surface area (Å²) in [5, 5.41) is 0. The minimum Gasteiger partial charge on any atom is -0.157 e. The highest BCUT2D eigenvalue weighted by Crippen LogP contribution is 2.15. The minimum absolute atomic E-state index is 1.32. The largest absolute Gasteiger partial charge is 0.157 e. The summed E-state index contributed by atoms with van der Waals surface area (Å²) in [7, 11) is 0. The predicted octanol–water partition coefficient (Wildman–Crippen LogP) is 5.82. The lowest BCUT2D eigenvalue weighted by Gasteiger charge is -2.01. The van der Waals surface area contributed by atoms with Crippen molar-refractivity contribution in [3.63, 3.8) is 0 Å². The van der Waals surface area contributed by atoms with E-state index in [-0.39, 0.29) is 0 Å². The SMILES string of the molecule is CCCCCCCC[CH]SCCCCC. The fourth-order valence-electron chi connectivity index (χ4n) is 1.61. The smallest absolute Gasteiger partial charge is 0.0166 e. The summed E-state index contributed by atoms with van der Waals surface area (Å²) in [6.45, 7) is 4.55. The van der Waals surface area contributed by atoms with Crippen molar-refractivity contribution >= 4 is 11.8 Å². The van der Waals surface area contributed by atoms with E-state index in [1.54, 1.807) is 0 Å². The Bertz CT molecular complexity index is 89.5. The van der Waals surface area contributed by atoms with Crippen LogP contribution >= 0.6 is 11.8 Å². The molecule has 1 heteroatoms. The molecule has 0 unspecified atom stereocenters. The van der Waals surface area contributed by atoms with Crippen molar-refractivity contribution in [2.45, 2.75) is 78.1 Å². The van der Waals surface area contributed by atoms with E-state index in [2.05, 4.69) is 19.6 Å². The summed E-state index contributed by atoms with van der Waals surface area (Å²) < 4.78 is 0. The topological polar surface area (TPSA) is 0 Å². The maximum Gasteiger partial charge on any atom is 0.0166 e. The fourth-order valence-corrected chi connectivity index (χ4v) is 2.48. The summed E-state index contributed by atoms with van der Waals surface area (Å²) in [6, 6.07) is 0. The average Bonchev–Trinajstić information content (AvgIpc) is 2.26. The molecule has 0 amide bonds. The molecule has 0 aromatic heterocycles. The van der Waals surface area contributed by atoms with E-state index in [1.165, 1.54) is 70.0 Å². The summed E-state index contributed by atoms with van der Waals surface area (Å²) >= 11 is 2.04. The fraction of sp³-hybridized carbons (Fsp3) is 0.929. The lowest BCUT2D eigenvalue weighted by atomic mass is 10.1. The van der Waals surface area contributed by atoms with Crippen LogP contribution in [0, 0.1) is 5.75 Å². The highest BCUT2D eigenvalue weighted by atomic mass is 32.2. The lowest BCUT2D eigenvalue weighted by molar-refractivity contribution is 0.609. The Morgan fingerprint density at radius 3 is 2.07 bits per heavy atom. The molecule has 15 heavy (non-hydrogen) atoms. The van der Waals surface area contributed by atoms with Gasteiger partial charge in [0.15, 0.2) is 0 Å². The molecular weight excluding hydrogens is 200 g/mol. The Balaban J connectivity index is 2.81. The van der Waals surface area contributed by atoms with Crippen molar-refractivity contribution < 1.29 is 0 Å². The summed E-state index contributed by atoms with van der Waals surface area (Å²) in [5.41, 5.74) is 0. The van der Waals surface area contributed by atoms with E-state index in [0.717, 1.165) is 0 Å². The molecule has 91 valence electrons. The molecule has 0 fully saturated rings.